The number of anilines is 1. The lowest BCUT2D eigenvalue weighted by molar-refractivity contribution is -0.147. The van der Waals surface area contributed by atoms with Crippen molar-refractivity contribution in [1.29, 1.82) is 0 Å². The molecule has 5 nitrogen and oxygen atoms in total. The van der Waals surface area contributed by atoms with Crippen LogP contribution in [0.1, 0.15) is 73.6 Å². The summed E-state index contributed by atoms with van der Waals surface area (Å²) >= 11 is 0. The van der Waals surface area contributed by atoms with E-state index in [9.17, 15) is 4.79 Å². The summed E-state index contributed by atoms with van der Waals surface area (Å²) in [7, 11) is 0. The van der Waals surface area contributed by atoms with Crippen LogP contribution in [0.15, 0.2) is 24.3 Å². The Labute approximate surface area is 196 Å². The highest BCUT2D eigenvalue weighted by molar-refractivity contribution is 5.97. The summed E-state index contributed by atoms with van der Waals surface area (Å²) in [6, 6.07) is 7.72. The molecule has 0 aliphatic carbocycles. The predicted molar refractivity (Wildman–Crippen MR) is 133 cm³/mol. The van der Waals surface area contributed by atoms with Crippen LogP contribution in [0.5, 0.6) is 5.75 Å². The first-order chi connectivity index (χ1) is 15.2. The van der Waals surface area contributed by atoms with E-state index in [1.54, 1.807) is 0 Å². The maximum absolute atomic E-state index is 13.4. The predicted octanol–water partition coefficient (Wildman–Crippen LogP) is 5.99. The van der Waals surface area contributed by atoms with E-state index < -0.39 is 5.60 Å². The molecule has 0 spiro atoms. The van der Waals surface area contributed by atoms with Gasteiger partial charge < -0.3 is 14.8 Å². The molecule has 1 aromatic rings. The zero-order chi connectivity index (χ0) is 23.6. The van der Waals surface area contributed by atoms with Crippen LogP contribution in [0, 0.1) is 17.8 Å². The van der Waals surface area contributed by atoms with Gasteiger partial charge in [0.15, 0.2) is 0 Å². The average molecular weight is 447 g/mol. The number of rotatable bonds is 13. The molecular formula is C27H46N2O3. The number of hydrogen-bond acceptors (Lipinski definition) is 4. The number of amides is 1. The highest BCUT2D eigenvalue weighted by atomic mass is 16.5. The van der Waals surface area contributed by atoms with Gasteiger partial charge in [0.25, 0.3) is 5.91 Å². The molecule has 0 aromatic heterocycles. The van der Waals surface area contributed by atoms with Crippen molar-refractivity contribution in [3.8, 4) is 5.75 Å². The normalized spacial score (nSPS) is 17.7. The van der Waals surface area contributed by atoms with Crippen LogP contribution in [0.2, 0.25) is 0 Å². The summed E-state index contributed by atoms with van der Waals surface area (Å²) in [5, 5.41) is 3.11. The Kier molecular flexibility index (Phi) is 11.0. The zero-order valence-corrected chi connectivity index (χ0v) is 21.3. The molecule has 1 N–H and O–H groups in total. The van der Waals surface area contributed by atoms with Crippen molar-refractivity contribution in [3.63, 3.8) is 0 Å². The molecule has 5 heteroatoms. The van der Waals surface area contributed by atoms with E-state index in [-0.39, 0.29) is 5.91 Å². The van der Waals surface area contributed by atoms with E-state index in [1.807, 2.05) is 24.3 Å². The molecule has 0 saturated carbocycles. The summed E-state index contributed by atoms with van der Waals surface area (Å²) in [6.45, 7) is 17.6. The van der Waals surface area contributed by atoms with Gasteiger partial charge in [-0.2, -0.15) is 0 Å². The van der Waals surface area contributed by atoms with Crippen molar-refractivity contribution in [3.05, 3.63) is 24.3 Å². The van der Waals surface area contributed by atoms with Gasteiger partial charge in [-0.1, -0.05) is 41.5 Å². The lowest BCUT2D eigenvalue weighted by atomic mass is 9.83. The van der Waals surface area contributed by atoms with Crippen molar-refractivity contribution in [2.45, 2.75) is 79.2 Å². The molecule has 0 bridgehead atoms. The van der Waals surface area contributed by atoms with E-state index in [0.29, 0.717) is 37.9 Å². The van der Waals surface area contributed by atoms with Gasteiger partial charge in [-0.15, -0.1) is 0 Å². The van der Waals surface area contributed by atoms with E-state index in [2.05, 4.69) is 51.8 Å². The zero-order valence-electron chi connectivity index (χ0n) is 21.3. The second-order valence-corrected chi connectivity index (χ2v) is 10.4. The molecule has 1 aliphatic rings. The number of carbonyl (C=O) groups is 1. The van der Waals surface area contributed by atoms with Crippen molar-refractivity contribution in [1.82, 2.24) is 4.90 Å². The second-order valence-electron chi connectivity index (χ2n) is 10.4. The minimum absolute atomic E-state index is 0.0405. The number of nitrogens with zero attached hydrogens (tertiary/aromatic N) is 1. The Morgan fingerprint density at radius 3 is 2.34 bits per heavy atom. The van der Waals surface area contributed by atoms with Crippen molar-refractivity contribution in [2.75, 3.05) is 38.2 Å². The first-order valence-corrected chi connectivity index (χ1v) is 12.6. The molecule has 182 valence electrons. The monoisotopic (exact) mass is 446 g/mol. The molecule has 1 aromatic carbocycles. The van der Waals surface area contributed by atoms with Crippen LogP contribution in [0.3, 0.4) is 0 Å². The van der Waals surface area contributed by atoms with Crippen molar-refractivity contribution < 1.29 is 14.3 Å². The van der Waals surface area contributed by atoms with Crippen LogP contribution < -0.4 is 10.1 Å². The lowest BCUT2D eigenvalue weighted by Gasteiger charge is -2.35. The minimum atomic E-state index is -0.793. The van der Waals surface area contributed by atoms with Gasteiger partial charge in [-0.05, 0) is 80.7 Å². The lowest BCUT2D eigenvalue weighted by Crippen LogP contribution is -2.47. The van der Waals surface area contributed by atoms with Crippen LogP contribution >= 0.6 is 0 Å². The standard InChI is InChI=1S/C27H46N2O3/c1-7-16-32-27(18-21(2)3,19-22(4)5)26(30)28-24-10-12-25(13-11-24)31-17-15-29-14-8-9-23(6)20-29/h10-13,21-23H,7-9,14-20H2,1-6H3,(H,28,30)/t23-/m0/s1. The quantitative estimate of drug-likeness (QED) is 0.404. The fraction of sp³-hybridized carbons (Fsp3) is 0.741. The number of nitrogens with one attached hydrogen (secondary N) is 1. The van der Waals surface area contributed by atoms with Crippen molar-refractivity contribution >= 4 is 11.6 Å². The summed E-state index contributed by atoms with van der Waals surface area (Å²) in [4.78, 5) is 15.9. The largest absolute Gasteiger partial charge is 0.492 e. The molecule has 1 heterocycles. The fourth-order valence-electron chi connectivity index (χ4n) is 4.73. The SMILES string of the molecule is CCCOC(CC(C)C)(CC(C)C)C(=O)Nc1ccc(OCCN2CCC[C@H](C)C2)cc1. The van der Waals surface area contributed by atoms with E-state index in [1.165, 1.54) is 25.9 Å². The maximum atomic E-state index is 13.4. The molecule has 0 radical (unpaired) electrons. The van der Waals surface area contributed by atoms with Gasteiger partial charge in [0.1, 0.15) is 18.0 Å². The fourth-order valence-corrected chi connectivity index (χ4v) is 4.73. The van der Waals surface area contributed by atoms with Crippen LogP contribution in [-0.2, 0) is 9.53 Å². The smallest absolute Gasteiger partial charge is 0.256 e. The van der Waals surface area contributed by atoms with E-state index in [0.717, 1.165) is 30.3 Å². The molecule has 32 heavy (non-hydrogen) atoms. The maximum Gasteiger partial charge on any atom is 0.256 e. The number of hydrogen-bond donors (Lipinski definition) is 1. The van der Waals surface area contributed by atoms with Gasteiger partial charge in [-0.25, -0.2) is 0 Å². The van der Waals surface area contributed by atoms with Gasteiger partial charge in [0, 0.05) is 25.4 Å². The summed E-state index contributed by atoms with van der Waals surface area (Å²) < 4.78 is 12.2. The summed E-state index contributed by atoms with van der Waals surface area (Å²) in [5.41, 5.74) is -0.0109. The first-order valence-electron chi connectivity index (χ1n) is 12.6. The molecule has 1 fully saturated rings. The van der Waals surface area contributed by atoms with E-state index >= 15 is 0 Å². The number of carbonyl (C=O) groups excluding carboxylic acids is 1. The summed E-state index contributed by atoms with van der Waals surface area (Å²) in [5.74, 6) is 2.32. The molecule has 0 unspecified atom stereocenters. The molecule has 1 amide bonds. The Hall–Kier alpha value is -1.59. The number of benzene rings is 1. The summed E-state index contributed by atoms with van der Waals surface area (Å²) in [6.07, 6.45) is 4.95. The number of ether oxygens (including phenoxy) is 2. The Balaban J connectivity index is 1.95. The Bertz CT molecular complexity index is 662. The first kappa shape index (κ1) is 26.7. The second kappa shape index (κ2) is 13.2. The highest BCUT2D eigenvalue weighted by Gasteiger charge is 2.40. The van der Waals surface area contributed by atoms with Gasteiger partial charge in [0.05, 0.1) is 0 Å². The van der Waals surface area contributed by atoms with Crippen LogP contribution in [0.25, 0.3) is 0 Å². The van der Waals surface area contributed by atoms with Crippen molar-refractivity contribution in [2.24, 2.45) is 17.8 Å². The third-order valence-corrected chi connectivity index (χ3v) is 6.00. The topological polar surface area (TPSA) is 50.8 Å². The molecule has 1 aliphatic heterocycles. The number of piperidine rings is 1. The number of likely N-dealkylation sites (tertiary alicyclic amines) is 1. The molecule has 1 saturated heterocycles. The molecular weight excluding hydrogens is 400 g/mol. The van der Waals surface area contributed by atoms with Gasteiger partial charge in [0.2, 0.25) is 0 Å². The van der Waals surface area contributed by atoms with Gasteiger partial charge >= 0.3 is 0 Å². The average Bonchev–Trinajstić information content (AvgIpc) is 2.72. The minimum Gasteiger partial charge on any atom is -0.492 e. The van der Waals surface area contributed by atoms with Crippen LogP contribution in [0.4, 0.5) is 5.69 Å². The Morgan fingerprint density at radius 2 is 1.78 bits per heavy atom. The highest BCUT2D eigenvalue weighted by Crippen LogP contribution is 2.31. The van der Waals surface area contributed by atoms with E-state index in [4.69, 9.17) is 9.47 Å². The third kappa shape index (κ3) is 8.74. The third-order valence-electron chi connectivity index (χ3n) is 6.00. The molecule has 1 atom stereocenters. The Morgan fingerprint density at radius 1 is 1.12 bits per heavy atom. The molecule has 2 rings (SSSR count). The van der Waals surface area contributed by atoms with Crippen LogP contribution in [-0.4, -0.2) is 49.3 Å². The van der Waals surface area contributed by atoms with Gasteiger partial charge in [-0.3, -0.25) is 9.69 Å².